The first-order chi connectivity index (χ1) is 8.15. The fourth-order valence-corrected chi connectivity index (χ4v) is 1.45. The van der Waals surface area contributed by atoms with E-state index in [0.29, 0.717) is 5.88 Å². The van der Waals surface area contributed by atoms with Crippen molar-refractivity contribution in [2.75, 3.05) is 11.9 Å². The Balaban J connectivity index is 2.84. The molecule has 0 aromatic carbocycles. The third-order valence-electron chi connectivity index (χ3n) is 2.14. The molecule has 0 atom stereocenters. The van der Waals surface area contributed by atoms with Gasteiger partial charge in [0.05, 0.1) is 6.10 Å². The second kappa shape index (κ2) is 7.09. The molecule has 0 saturated carbocycles. The number of aromatic nitrogens is 2. The third kappa shape index (κ3) is 5.02. The van der Waals surface area contributed by atoms with E-state index in [0.717, 1.165) is 37.4 Å². The summed E-state index contributed by atoms with van der Waals surface area (Å²) in [6.45, 7) is 9.18. The lowest BCUT2D eigenvalue weighted by atomic mass is 10.3. The van der Waals surface area contributed by atoms with Gasteiger partial charge in [-0.3, -0.25) is 0 Å². The summed E-state index contributed by atoms with van der Waals surface area (Å²) >= 11 is 0. The maximum Gasteiger partial charge on any atom is 0.218 e. The second-order valence-corrected chi connectivity index (χ2v) is 4.35. The van der Waals surface area contributed by atoms with Gasteiger partial charge < -0.3 is 10.1 Å². The number of anilines is 1. The zero-order valence-corrected chi connectivity index (χ0v) is 11.3. The fourth-order valence-electron chi connectivity index (χ4n) is 1.45. The topological polar surface area (TPSA) is 47.0 Å². The molecular weight excluding hydrogens is 214 g/mol. The number of aryl methyl sites for hydroxylation is 1. The van der Waals surface area contributed by atoms with Gasteiger partial charge in [-0.1, -0.05) is 13.8 Å². The van der Waals surface area contributed by atoms with Crippen LogP contribution in [0.25, 0.3) is 0 Å². The average Bonchev–Trinajstić information content (AvgIpc) is 2.25. The van der Waals surface area contributed by atoms with E-state index in [-0.39, 0.29) is 6.10 Å². The van der Waals surface area contributed by atoms with Crippen molar-refractivity contribution in [1.29, 1.82) is 0 Å². The molecule has 4 nitrogen and oxygen atoms in total. The maximum atomic E-state index is 5.63. The van der Waals surface area contributed by atoms with Gasteiger partial charge in [-0.25, -0.2) is 4.98 Å². The highest BCUT2D eigenvalue weighted by Gasteiger charge is 2.06. The summed E-state index contributed by atoms with van der Waals surface area (Å²) in [6.07, 6.45) is 3.14. The Labute approximate surface area is 104 Å². The van der Waals surface area contributed by atoms with Gasteiger partial charge in [-0.15, -0.1) is 0 Å². The minimum Gasteiger partial charge on any atom is -0.475 e. The Bertz CT molecular complexity index is 339. The van der Waals surface area contributed by atoms with Gasteiger partial charge in [0, 0.05) is 19.0 Å². The van der Waals surface area contributed by atoms with Crippen molar-refractivity contribution < 1.29 is 4.74 Å². The fraction of sp³-hybridized carbons (Fsp3) is 0.692. The third-order valence-corrected chi connectivity index (χ3v) is 2.14. The highest BCUT2D eigenvalue weighted by atomic mass is 16.5. The van der Waals surface area contributed by atoms with Crippen molar-refractivity contribution in [3.8, 4) is 5.88 Å². The van der Waals surface area contributed by atoms with Crippen molar-refractivity contribution in [2.45, 2.75) is 53.1 Å². The lowest BCUT2D eigenvalue weighted by Crippen LogP contribution is -2.11. The van der Waals surface area contributed by atoms with Crippen molar-refractivity contribution in [1.82, 2.24) is 9.97 Å². The molecule has 4 heteroatoms. The number of hydrogen-bond acceptors (Lipinski definition) is 4. The quantitative estimate of drug-likeness (QED) is 0.791. The Hall–Kier alpha value is -1.32. The molecule has 0 radical (unpaired) electrons. The first kappa shape index (κ1) is 13.7. The van der Waals surface area contributed by atoms with E-state index in [4.69, 9.17) is 4.74 Å². The van der Waals surface area contributed by atoms with Crippen LogP contribution in [0.15, 0.2) is 6.07 Å². The standard InChI is InChI=1S/C13H23N3O/c1-5-7-11-15-12(14-8-6-2)9-13(16-11)17-10(3)4/h9-10H,5-8H2,1-4H3,(H,14,15,16). The van der Waals surface area contributed by atoms with Gasteiger partial charge in [0.15, 0.2) is 0 Å². The van der Waals surface area contributed by atoms with E-state index in [9.17, 15) is 0 Å². The summed E-state index contributed by atoms with van der Waals surface area (Å²) in [7, 11) is 0. The molecule has 0 aliphatic heterocycles. The second-order valence-electron chi connectivity index (χ2n) is 4.35. The largest absolute Gasteiger partial charge is 0.475 e. The van der Waals surface area contributed by atoms with Gasteiger partial charge >= 0.3 is 0 Å². The molecule has 0 aliphatic carbocycles. The SMILES string of the molecule is CCCNc1cc(OC(C)C)nc(CCC)n1. The molecule has 0 aliphatic rings. The summed E-state index contributed by atoms with van der Waals surface area (Å²) in [5.41, 5.74) is 0. The summed E-state index contributed by atoms with van der Waals surface area (Å²) < 4.78 is 5.63. The first-order valence-corrected chi connectivity index (χ1v) is 6.44. The van der Waals surface area contributed by atoms with Crippen LogP contribution in [-0.2, 0) is 6.42 Å². The number of rotatable bonds is 7. The summed E-state index contributed by atoms with van der Waals surface area (Å²) in [5.74, 6) is 2.38. The molecule has 1 rings (SSSR count). The molecule has 0 fully saturated rings. The average molecular weight is 237 g/mol. The van der Waals surface area contributed by atoms with Crippen LogP contribution in [0.5, 0.6) is 5.88 Å². The maximum absolute atomic E-state index is 5.63. The van der Waals surface area contributed by atoms with Gasteiger partial charge in [-0.05, 0) is 26.7 Å². The highest BCUT2D eigenvalue weighted by Crippen LogP contribution is 2.15. The molecule has 0 unspecified atom stereocenters. The molecule has 17 heavy (non-hydrogen) atoms. The number of nitrogens with zero attached hydrogens (tertiary/aromatic N) is 2. The highest BCUT2D eigenvalue weighted by molar-refractivity contribution is 5.38. The van der Waals surface area contributed by atoms with E-state index >= 15 is 0 Å². The van der Waals surface area contributed by atoms with E-state index in [2.05, 4.69) is 29.1 Å². The predicted octanol–water partition coefficient (Wildman–Crippen LogP) is 3.04. The minimum absolute atomic E-state index is 0.137. The molecule has 0 amide bonds. The van der Waals surface area contributed by atoms with Gasteiger partial charge in [0.25, 0.3) is 0 Å². The first-order valence-electron chi connectivity index (χ1n) is 6.44. The summed E-state index contributed by atoms with van der Waals surface area (Å²) in [5, 5.41) is 3.28. The van der Waals surface area contributed by atoms with E-state index in [1.165, 1.54) is 0 Å². The molecule has 0 spiro atoms. The van der Waals surface area contributed by atoms with Crippen LogP contribution in [-0.4, -0.2) is 22.6 Å². The Kier molecular flexibility index (Phi) is 5.73. The number of nitrogens with one attached hydrogen (secondary N) is 1. The molecule has 1 heterocycles. The lowest BCUT2D eigenvalue weighted by molar-refractivity contribution is 0.231. The summed E-state index contributed by atoms with van der Waals surface area (Å²) in [6, 6.07) is 1.87. The van der Waals surface area contributed by atoms with Gasteiger partial charge in [-0.2, -0.15) is 4.98 Å². The monoisotopic (exact) mass is 237 g/mol. The lowest BCUT2D eigenvalue weighted by Gasteiger charge is -2.12. The Morgan fingerprint density at radius 3 is 2.59 bits per heavy atom. The van der Waals surface area contributed by atoms with Crippen LogP contribution in [0.1, 0.15) is 46.4 Å². The van der Waals surface area contributed by atoms with Gasteiger partial charge in [0.2, 0.25) is 5.88 Å². The van der Waals surface area contributed by atoms with Crippen molar-refractivity contribution in [2.24, 2.45) is 0 Å². The van der Waals surface area contributed by atoms with E-state index < -0.39 is 0 Å². The summed E-state index contributed by atoms with van der Waals surface area (Å²) in [4.78, 5) is 8.86. The molecular formula is C13H23N3O. The molecule has 96 valence electrons. The molecule has 1 N–H and O–H groups in total. The van der Waals surface area contributed by atoms with Crippen molar-refractivity contribution in [3.05, 3.63) is 11.9 Å². The van der Waals surface area contributed by atoms with Crippen molar-refractivity contribution in [3.63, 3.8) is 0 Å². The molecule has 0 bridgehead atoms. The van der Waals surface area contributed by atoms with Crippen LogP contribution in [0.2, 0.25) is 0 Å². The zero-order chi connectivity index (χ0) is 12.7. The number of hydrogen-bond donors (Lipinski definition) is 1. The number of ether oxygens (including phenoxy) is 1. The molecule has 1 aromatic heterocycles. The van der Waals surface area contributed by atoms with Crippen LogP contribution in [0.3, 0.4) is 0 Å². The van der Waals surface area contributed by atoms with Crippen LogP contribution < -0.4 is 10.1 Å². The van der Waals surface area contributed by atoms with Crippen molar-refractivity contribution >= 4 is 5.82 Å². The van der Waals surface area contributed by atoms with Crippen LogP contribution in [0.4, 0.5) is 5.82 Å². The normalized spacial score (nSPS) is 10.6. The van der Waals surface area contributed by atoms with Crippen LogP contribution >= 0.6 is 0 Å². The van der Waals surface area contributed by atoms with E-state index in [1.54, 1.807) is 0 Å². The Morgan fingerprint density at radius 1 is 1.24 bits per heavy atom. The Morgan fingerprint density at radius 2 is 2.00 bits per heavy atom. The van der Waals surface area contributed by atoms with Gasteiger partial charge in [0.1, 0.15) is 11.6 Å². The van der Waals surface area contributed by atoms with Crippen LogP contribution in [0, 0.1) is 0 Å². The molecule has 0 saturated heterocycles. The van der Waals surface area contributed by atoms with E-state index in [1.807, 2.05) is 19.9 Å². The molecule has 1 aromatic rings. The smallest absolute Gasteiger partial charge is 0.218 e. The zero-order valence-electron chi connectivity index (χ0n) is 11.3. The predicted molar refractivity (Wildman–Crippen MR) is 70.6 cm³/mol. The minimum atomic E-state index is 0.137.